The fourth-order valence-corrected chi connectivity index (χ4v) is 6.61. The number of aromatic nitrogens is 2. The number of nitrogens with zero attached hydrogens (tertiary/aromatic N) is 1. The van der Waals surface area contributed by atoms with Crippen molar-refractivity contribution in [2.24, 2.45) is 17.8 Å². The van der Waals surface area contributed by atoms with E-state index in [0.29, 0.717) is 29.6 Å². The summed E-state index contributed by atoms with van der Waals surface area (Å²) in [5.41, 5.74) is 2.03. The van der Waals surface area contributed by atoms with Crippen LogP contribution >= 0.6 is 11.6 Å². The monoisotopic (exact) mass is 534 g/mol. The number of ether oxygens (including phenoxy) is 2. The average Bonchev–Trinajstić information content (AvgIpc) is 3.37. The van der Waals surface area contributed by atoms with Crippen molar-refractivity contribution in [3.8, 4) is 5.75 Å². The molecule has 2 saturated carbocycles. The Kier molecular flexibility index (Phi) is 6.93. The molecule has 2 heterocycles. The number of nitrogens with one attached hydrogen (secondary N) is 1. The summed E-state index contributed by atoms with van der Waals surface area (Å²) in [5, 5.41) is 0.606. The summed E-state index contributed by atoms with van der Waals surface area (Å²) >= 11 is 6.53. The lowest BCUT2D eigenvalue weighted by atomic mass is 9.72. The number of para-hydroxylation sites is 2. The first-order valence-electron chi connectivity index (χ1n) is 14.0. The minimum Gasteiger partial charge on any atom is -0.492 e. The Labute approximate surface area is 228 Å². The van der Waals surface area contributed by atoms with E-state index in [1.165, 1.54) is 12.8 Å². The molecule has 0 bridgehead atoms. The fraction of sp³-hybridized carbons (Fsp3) is 0.516. The van der Waals surface area contributed by atoms with Crippen molar-refractivity contribution in [1.82, 2.24) is 9.97 Å². The van der Waals surface area contributed by atoms with Crippen LogP contribution < -0.4 is 4.74 Å². The maximum Gasteiger partial charge on any atom is 0.317 e. The molecule has 3 atom stereocenters. The van der Waals surface area contributed by atoms with Crippen LogP contribution in [0.3, 0.4) is 0 Å². The smallest absolute Gasteiger partial charge is 0.317 e. The Morgan fingerprint density at radius 1 is 1.13 bits per heavy atom. The second-order valence-corrected chi connectivity index (χ2v) is 11.9. The van der Waals surface area contributed by atoms with E-state index in [4.69, 9.17) is 21.1 Å². The zero-order valence-electron chi connectivity index (χ0n) is 21.9. The standard InChI is InChI=1S/C31H35ClN2O4/c1-19(29-33-24-8-4-5-9-25(24)34-29)28-26(35)17-31(38-30(28)36,22-6-2-3-7-22)15-14-20-12-13-27(23(32)16-20)37-18-21-10-11-21/h4-5,8-9,12-13,16,19,21-22,28H,2-3,6-7,10-11,14-15,17-18H2,1H3,(H,33,34). The Bertz CT molecular complexity index is 1290. The van der Waals surface area contributed by atoms with Gasteiger partial charge in [-0.3, -0.25) is 9.59 Å². The third kappa shape index (κ3) is 5.07. The van der Waals surface area contributed by atoms with Gasteiger partial charge in [0.05, 0.1) is 22.7 Å². The molecule has 3 aromatic rings. The fourth-order valence-electron chi connectivity index (χ4n) is 6.35. The number of H-pyrrole nitrogens is 1. The molecule has 0 radical (unpaired) electrons. The quantitative estimate of drug-likeness (QED) is 0.241. The predicted molar refractivity (Wildman–Crippen MR) is 146 cm³/mol. The molecule has 3 unspecified atom stereocenters. The molecule has 3 fully saturated rings. The first kappa shape index (κ1) is 25.4. The average molecular weight is 535 g/mol. The third-order valence-electron chi connectivity index (χ3n) is 8.82. The normalized spacial score (nSPS) is 25.1. The molecule has 200 valence electrons. The Hall–Kier alpha value is -2.86. The molecule has 1 aliphatic heterocycles. The molecule has 6 nitrogen and oxygen atoms in total. The van der Waals surface area contributed by atoms with E-state index in [9.17, 15) is 9.59 Å². The largest absolute Gasteiger partial charge is 0.492 e. The van der Waals surface area contributed by atoms with Crippen LogP contribution in [0.5, 0.6) is 5.75 Å². The molecule has 1 aromatic heterocycles. The summed E-state index contributed by atoms with van der Waals surface area (Å²) in [6.07, 6.45) is 8.20. The molecule has 1 saturated heterocycles. The van der Waals surface area contributed by atoms with Crippen LogP contribution in [0, 0.1) is 17.8 Å². The van der Waals surface area contributed by atoms with E-state index >= 15 is 0 Å². The van der Waals surface area contributed by atoms with Crippen LogP contribution in [0.25, 0.3) is 11.0 Å². The molecular weight excluding hydrogens is 500 g/mol. The number of rotatable bonds is 9. The van der Waals surface area contributed by atoms with E-state index in [0.717, 1.165) is 54.6 Å². The number of aromatic amines is 1. The first-order valence-corrected chi connectivity index (χ1v) is 14.4. The lowest BCUT2D eigenvalue weighted by molar-refractivity contribution is -0.186. The highest BCUT2D eigenvalue weighted by molar-refractivity contribution is 6.32. The summed E-state index contributed by atoms with van der Waals surface area (Å²) in [7, 11) is 0. The minimum absolute atomic E-state index is 0.0389. The highest BCUT2D eigenvalue weighted by Gasteiger charge is 2.53. The van der Waals surface area contributed by atoms with E-state index < -0.39 is 17.5 Å². The van der Waals surface area contributed by atoms with Crippen LogP contribution in [0.4, 0.5) is 0 Å². The molecular formula is C31H35ClN2O4. The second-order valence-electron chi connectivity index (χ2n) is 11.5. The molecule has 2 aliphatic carbocycles. The Balaban J connectivity index is 1.18. The van der Waals surface area contributed by atoms with Gasteiger partial charge >= 0.3 is 5.97 Å². The molecule has 2 aromatic carbocycles. The maximum atomic E-state index is 13.7. The van der Waals surface area contributed by atoms with Crippen molar-refractivity contribution in [3.05, 3.63) is 58.9 Å². The molecule has 0 amide bonds. The van der Waals surface area contributed by atoms with E-state index in [2.05, 4.69) is 9.97 Å². The number of benzene rings is 2. The zero-order valence-corrected chi connectivity index (χ0v) is 22.6. The van der Waals surface area contributed by atoms with Gasteiger partial charge in [0.1, 0.15) is 23.1 Å². The highest BCUT2D eigenvalue weighted by atomic mass is 35.5. The van der Waals surface area contributed by atoms with Gasteiger partial charge in [0.25, 0.3) is 0 Å². The lowest BCUT2D eigenvalue weighted by Crippen LogP contribution is -2.52. The maximum absolute atomic E-state index is 13.7. The third-order valence-corrected chi connectivity index (χ3v) is 9.12. The van der Waals surface area contributed by atoms with Crippen molar-refractivity contribution in [3.63, 3.8) is 0 Å². The Morgan fingerprint density at radius 3 is 2.63 bits per heavy atom. The molecule has 3 aliphatic rings. The Morgan fingerprint density at radius 2 is 1.92 bits per heavy atom. The number of aryl methyl sites for hydroxylation is 1. The van der Waals surface area contributed by atoms with Crippen molar-refractivity contribution >= 4 is 34.4 Å². The number of cyclic esters (lactones) is 1. The number of halogens is 1. The van der Waals surface area contributed by atoms with Crippen LogP contribution in [0.15, 0.2) is 42.5 Å². The van der Waals surface area contributed by atoms with Gasteiger partial charge in [-0.1, -0.05) is 49.6 Å². The molecule has 1 N–H and O–H groups in total. The number of fused-ring (bicyclic) bond motifs is 1. The van der Waals surface area contributed by atoms with Crippen LogP contribution in [0.1, 0.15) is 75.6 Å². The molecule has 6 rings (SSSR count). The van der Waals surface area contributed by atoms with Gasteiger partial charge in [0.15, 0.2) is 5.78 Å². The predicted octanol–water partition coefficient (Wildman–Crippen LogP) is 6.80. The summed E-state index contributed by atoms with van der Waals surface area (Å²) in [4.78, 5) is 35.1. The number of Topliss-reactive ketones (excluding diaryl/α,β-unsaturated/α-hetero) is 1. The molecule has 38 heavy (non-hydrogen) atoms. The van der Waals surface area contributed by atoms with Gasteiger partial charge in [-0.2, -0.15) is 0 Å². The van der Waals surface area contributed by atoms with Gasteiger partial charge in [0, 0.05) is 12.3 Å². The number of ketones is 1. The van der Waals surface area contributed by atoms with Crippen molar-refractivity contribution in [1.29, 1.82) is 0 Å². The minimum atomic E-state index is -0.845. The van der Waals surface area contributed by atoms with Crippen molar-refractivity contribution in [2.75, 3.05) is 6.61 Å². The number of esters is 1. The summed E-state index contributed by atoms with van der Waals surface area (Å²) in [5.74, 6) is 0.547. The van der Waals surface area contributed by atoms with Gasteiger partial charge in [-0.05, 0) is 80.2 Å². The second kappa shape index (κ2) is 10.4. The lowest BCUT2D eigenvalue weighted by Gasteiger charge is -2.43. The number of hydrogen-bond donors (Lipinski definition) is 1. The number of carbonyl (C=O) groups excluding carboxylic acids is 2. The van der Waals surface area contributed by atoms with Crippen LogP contribution in [-0.4, -0.2) is 33.9 Å². The van der Waals surface area contributed by atoms with Gasteiger partial charge in [0.2, 0.25) is 0 Å². The van der Waals surface area contributed by atoms with E-state index in [1.54, 1.807) is 0 Å². The number of imidazole rings is 1. The zero-order chi connectivity index (χ0) is 26.3. The summed E-state index contributed by atoms with van der Waals surface area (Å²) in [6, 6.07) is 13.7. The summed E-state index contributed by atoms with van der Waals surface area (Å²) < 4.78 is 12.2. The van der Waals surface area contributed by atoms with Gasteiger partial charge in [-0.25, -0.2) is 4.98 Å². The van der Waals surface area contributed by atoms with Gasteiger partial charge in [-0.15, -0.1) is 0 Å². The molecule has 7 heteroatoms. The van der Waals surface area contributed by atoms with Crippen LogP contribution in [-0.2, 0) is 20.7 Å². The summed E-state index contributed by atoms with van der Waals surface area (Å²) in [6.45, 7) is 2.61. The number of hydrogen-bond acceptors (Lipinski definition) is 5. The SMILES string of the molecule is CC(c1nc2ccccc2[nH]1)C1C(=O)CC(CCc2ccc(OCC3CC3)c(Cl)c2)(C2CCCC2)OC1=O. The van der Waals surface area contributed by atoms with Crippen LogP contribution in [0.2, 0.25) is 5.02 Å². The molecule has 0 spiro atoms. The number of carbonyl (C=O) groups is 2. The van der Waals surface area contributed by atoms with Crippen molar-refractivity contribution in [2.45, 2.75) is 76.2 Å². The van der Waals surface area contributed by atoms with E-state index in [-0.39, 0.29) is 24.0 Å². The highest BCUT2D eigenvalue weighted by Crippen LogP contribution is 2.46. The van der Waals surface area contributed by atoms with Gasteiger partial charge < -0.3 is 14.5 Å². The topological polar surface area (TPSA) is 81.3 Å². The van der Waals surface area contributed by atoms with E-state index in [1.807, 2.05) is 49.4 Å². The first-order chi connectivity index (χ1) is 18.4. The van der Waals surface area contributed by atoms with Crippen molar-refractivity contribution < 1.29 is 19.1 Å².